The molecule has 7 heteroatoms. The van der Waals surface area contributed by atoms with Crippen LogP contribution >= 0.6 is 11.3 Å². The Kier molecular flexibility index (Phi) is 7.29. The molecule has 0 amide bonds. The lowest BCUT2D eigenvalue weighted by molar-refractivity contribution is 0.874. The molecule has 0 bridgehead atoms. The predicted molar refractivity (Wildman–Crippen MR) is 128 cm³/mol. The van der Waals surface area contributed by atoms with Crippen molar-refractivity contribution >= 4 is 33.1 Å². The number of nitrogens with two attached hydrogens (primary N) is 2. The largest absolute Gasteiger partial charge is 0.401 e. The summed E-state index contributed by atoms with van der Waals surface area (Å²) in [4.78, 5) is 11.2. The molecule has 1 fully saturated rings. The van der Waals surface area contributed by atoms with E-state index >= 15 is 0 Å². The van der Waals surface area contributed by atoms with Crippen molar-refractivity contribution in [2.45, 2.75) is 53.0 Å². The first-order valence-electron chi connectivity index (χ1n) is 10.7. The van der Waals surface area contributed by atoms with Crippen LogP contribution in [0.25, 0.3) is 10.2 Å². The number of allylic oxidation sites excluding steroid dienone is 1. The number of aryl methyl sites for hydroxylation is 1. The minimum Gasteiger partial charge on any atom is -0.401 e. The van der Waals surface area contributed by atoms with Crippen molar-refractivity contribution in [2.75, 3.05) is 10.3 Å². The fraction of sp³-hybridized carbons (Fsp3) is 0.391. The molecular weight excluding hydrogens is 392 g/mol. The maximum Gasteiger partial charge on any atom is 0.138 e. The number of hydrogen-bond acceptors (Lipinski definition) is 7. The molecule has 1 aliphatic carbocycles. The Morgan fingerprint density at radius 3 is 2.60 bits per heavy atom. The van der Waals surface area contributed by atoms with Crippen LogP contribution < -0.4 is 21.9 Å². The third-order valence-electron chi connectivity index (χ3n) is 5.11. The van der Waals surface area contributed by atoms with Gasteiger partial charge in [0.25, 0.3) is 0 Å². The highest BCUT2D eigenvalue weighted by atomic mass is 32.1. The number of fused-ring (bicyclic) bond motifs is 1. The Labute approximate surface area is 183 Å². The van der Waals surface area contributed by atoms with E-state index in [2.05, 4.69) is 47.3 Å². The van der Waals surface area contributed by atoms with Gasteiger partial charge in [0.2, 0.25) is 0 Å². The number of rotatable bonds is 7. The molecular formula is C23H32N6S. The molecule has 160 valence electrons. The number of benzene rings is 1. The minimum atomic E-state index is 0.107. The van der Waals surface area contributed by atoms with Crippen LogP contribution in [0.3, 0.4) is 0 Å². The first-order valence-corrected chi connectivity index (χ1v) is 11.5. The molecule has 1 atom stereocenters. The van der Waals surface area contributed by atoms with E-state index in [9.17, 15) is 0 Å². The van der Waals surface area contributed by atoms with Gasteiger partial charge in [-0.2, -0.15) is 0 Å². The molecule has 1 saturated carbocycles. The Balaban J connectivity index is 0.00000124. The molecule has 2 heterocycles. The quantitative estimate of drug-likeness (QED) is 0.350. The second-order valence-electron chi connectivity index (χ2n) is 7.28. The van der Waals surface area contributed by atoms with Crippen LogP contribution in [0.15, 0.2) is 48.6 Å². The summed E-state index contributed by atoms with van der Waals surface area (Å²) in [5.74, 6) is 7.51. The number of aromatic nitrogens is 2. The monoisotopic (exact) mass is 424 g/mol. The summed E-state index contributed by atoms with van der Waals surface area (Å²) < 4.78 is 0. The maximum absolute atomic E-state index is 6.13. The number of hydrazine groups is 1. The summed E-state index contributed by atoms with van der Waals surface area (Å²) in [6.07, 6.45) is 6.79. The molecule has 0 aliphatic heterocycles. The first kappa shape index (κ1) is 22.1. The maximum atomic E-state index is 6.13. The minimum absolute atomic E-state index is 0.107. The topological polar surface area (TPSA) is 93.1 Å². The van der Waals surface area contributed by atoms with Gasteiger partial charge in [-0.1, -0.05) is 32.9 Å². The average molecular weight is 425 g/mol. The van der Waals surface area contributed by atoms with Crippen molar-refractivity contribution in [1.82, 2.24) is 9.97 Å². The molecule has 0 radical (unpaired) electrons. The molecule has 4 rings (SSSR count). The Morgan fingerprint density at radius 2 is 1.97 bits per heavy atom. The summed E-state index contributed by atoms with van der Waals surface area (Å²) in [6.45, 7) is 8.28. The molecule has 3 aromatic rings. The van der Waals surface area contributed by atoms with Crippen molar-refractivity contribution in [2.24, 2.45) is 17.5 Å². The Hall–Kier alpha value is -2.64. The van der Waals surface area contributed by atoms with Crippen molar-refractivity contribution in [3.63, 3.8) is 0 Å². The van der Waals surface area contributed by atoms with E-state index in [0.717, 1.165) is 39.4 Å². The highest BCUT2D eigenvalue weighted by Crippen LogP contribution is 2.34. The number of hydrogen-bond donors (Lipinski definition) is 3. The van der Waals surface area contributed by atoms with Crippen LogP contribution in [-0.4, -0.2) is 9.97 Å². The Bertz CT molecular complexity index is 991. The fourth-order valence-corrected chi connectivity index (χ4v) is 4.11. The summed E-state index contributed by atoms with van der Waals surface area (Å²) in [5.41, 5.74) is 8.99. The molecule has 1 aliphatic rings. The number of nitrogens with one attached hydrogen (secondary N) is 1. The number of nitrogens with zero attached hydrogens (tertiary/aromatic N) is 3. The van der Waals surface area contributed by atoms with E-state index in [-0.39, 0.29) is 6.04 Å². The van der Waals surface area contributed by atoms with Crippen LogP contribution in [0, 0.1) is 5.92 Å². The van der Waals surface area contributed by atoms with Crippen molar-refractivity contribution in [1.29, 1.82) is 0 Å². The lowest BCUT2D eigenvalue weighted by atomic mass is 10.1. The average Bonchev–Trinajstić information content (AvgIpc) is 3.54. The van der Waals surface area contributed by atoms with Crippen LogP contribution in [-0.2, 0) is 6.42 Å². The van der Waals surface area contributed by atoms with E-state index in [1.807, 2.05) is 32.2 Å². The van der Waals surface area contributed by atoms with Crippen molar-refractivity contribution in [3.8, 4) is 0 Å². The normalized spacial score (nSPS) is 14.8. The van der Waals surface area contributed by atoms with Gasteiger partial charge in [-0.15, -0.1) is 11.3 Å². The molecule has 0 saturated heterocycles. The summed E-state index contributed by atoms with van der Waals surface area (Å²) in [5, 5.41) is 6.20. The molecule has 6 nitrogen and oxygen atoms in total. The number of anilines is 2. The second kappa shape index (κ2) is 9.91. The van der Waals surface area contributed by atoms with Crippen molar-refractivity contribution in [3.05, 3.63) is 59.0 Å². The lowest BCUT2D eigenvalue weighted by Crippen LogP contribution is -2.26. The van der Waals surface area contributed by atoms with Gasteiger partial charge in [0, 0.05) is 28.7 Å². The molecule has 1 aromatic carbocycles. The summed E-state index contributed by atoms with van der Waals surface area (Å²) >= 11 is 1.72. The third-order valence-corrected chi connectivity index (χ3v) is 6.30. The van der Waals surface area contributed by atoms with E-state index in [1.54, 1.807) is 22.7 Å². The van der Waals surface area contributed by atoms with Crippen molar-refractivity contribution < 1.29 is 0 Å². The van der Waals surface area contributed by atoms with Crippen LogP contribution in [0.4, 0.5) is 11.5 Å². The van der Waals surface area contributed by atoms with Gasteiger partial charge in [-0.25, -0.2) is 15.8 Å². The highest BCUT2D eigenvalue weighted by Gasteiger charge is 2.24. The predicted octanol–water partition coefficient (Wildman–Crippen LogP) is 5.34. The molecule has 1 unspecified atom stereocenters. The molecule has 30 heavy (non-hydrogen) atoms. The molecule has 0 spiro atoms. The smallest absolute Gasteiger partial charge is 0.138 e. The van der Waals surface area contributed by atoms with Crippen LogP contribution in [0.2, 0.25) is 0 Å². The molecule has 5 N–H and O–H groups in total. The highest BCUT2D eigenvalue weighted by molar-refractivity contribution is 7.18. The van der Waals surface area contributed by atoms with Crippen LogP contribution in [0.5, 0.6) is 0 Å². The lowest BCUT2D eigenvalue weighted by Gasteiger charge is -2.18. The summed E-state index contributed by atoms with van der Waals surface area (Å²) in [6, 6.07) is 10.5. The van der Waals surface area contributed by atoms with Gasteiger partial charge in [-0.05, 0) is 49.9 Å². The Morgan fingerprint density at radius 1 is 1.27 bits per heavy atom. The van der Waals surface area contributed by atoms with Gasteiger partial charge in [-0.3, -0.25) is 5.01 Å². The zero-order valence-electron chi connectivity index (χ0n) is 18.2. The standard InChI is InChI=1S/C21H26N6S.C2H6/c1-3-17-10-18-20(24-12-25-21(18)28-17)26-13(2)14-6-8-16(9-7-14)27(23)11-19(22)15-4-5-15;1-2/h6-13,15H,3-5,22-23H2,1-2H3,(H,24,25,26);1-2H3/b19-11-;. The van der Waals surface area contributed by atoms with E-state index in [1.165, 1.54) is 17.7 Å². The zero-order chi connectivity index (χ0) is 21.7. The van der Waals surface area contributed by atoms with Gasteiger partial charge in [0.15, 0.2) is 0 Å². The van der Waals surface area contributed by atoms with Gasteiger partial charge >= 0.3 is 0 Å². The van der Waals surface area contributed by atoms with Gasteiger partial charge in [0.05, 0.1) is 11.1 Å². The second-order valence-corrected chi connectivity index (χ2v) is 8.39. The van der Waals surface area contributed by atoms with Crippen LogP contribution in [0.1, 0.15) is 57.0 Å². The van der Waals surface area contributed by atoms with Gasteiger partial charge < -0.3 is 11.1 Å². The molecule has 2 aromatic heterocycles. The summed E-state index contributed by atoms with van der Waals surface area (Å²) in [7, 11) is 0. The zero-order valence-corrected chi connectivity index (χ0v) is 19.0. The van der Waals surface area contributed by atoms with E-state index in [0.29, 0.717) is 5.92 Å². The van der Waals surface area contributed by atoms with E-state index in [4.69, 9.17) is 11.6 Å². The van der Waals surface area contributed by atoms with E-state index < -0.39 is 0 Å². The third kappa shape index (κ3) is 5.09. The number of thiophene rings is 1. The first-order chi connectivity index (χ1) is 14.5. The SMILES string of the molecule is CC.CCc1cc2c(NC(C)c3ccc(N(N)/C=C(\N)C4CC4)cc3)ncnc2s1. The fourth-order valence-electron chi connectivity index (χ4n) is 3.18. The van der Waals surface area contributed by atoms with Gasteiger partial charge in [0.1, 0.15) is 17.0 Å².